The van der Waals surface area contributed by atoms with Gasteiger partial charge in [0.2, 0.25) is 0 Å². The van der Waals surface area contributed by atoms with Crippen LogP contribution in [0.5, 0.6) is 5.75 Å². The van der Waals surface area contributed by atoms with E-state index in [9.17, 15) is 13.9 Å². The lowest BCUT2D eigenvalue weighted by atomic mass is 9.96. The maximum Gasteiger partial charge on any atom is 0.129 e. The lowest BCUT2D eigenvalue weighted by molar-refractivity contribution is 0.394. The van der Waals surface area contributed by atoms with Gasteiger partial charge in [0.15, 0.2) is 0 Å². The Bertz CT molecular complexity index is 475. The van der Waals surface area contributed by atoms with Gasteiger partial charge in [-0.25, -0.2) is 8.78 Å². The highest BCUT2D eigenvalue weighted by Crippen LogP contribution is 2.32. The normalized spacial score (nSPS) is 20.3. The maximum absolute atomic E-state index is 13.5. The number of aryl methyl sites for hydroxylation is 1. The Balaban J connectivity index is 2.39. The summed E-state index contributed by atoms with van der Waals surface area (Å²) in [4.78, 5) is 0. The monoisotopic (exact) mass is 222 g/mol. The van der Waals surface area contributed by atoms with Gasteiger partial charge in [-0.2, -0.15) is 0 Å². The van der Waals surface area contributed by atoms with Crippen LogP contribution in [0.3, 0.4) is 0 Å². The molecule has 0 saturated heterocycles. The fourth-order valence-corrected chi connectivity index (χ4v) is 1.72. The molecule has 84 valence electrons. The molecular formula is C13H12F2O. The number of alkyl halides is 1. The van der Waals surface area contributed by atoms with Crippen LogP contribution in [0.15, 0.2) is 36.2 Å². The van der Waals surface area contributed by atoms with Crippen molar-refractivity contribution in [2.24, 2.45) is 0 Å². The molecule has 16 heavy (non-hydrogen) atoms. The fourth-order valence-electron chi connectivity index (χ4n) is 1.72. The van der Waals surface area contributed by atoms with Gasteiger partial charge in [0.25, 0.3) is 0 Å². The first-order valence-electron chi connectivity index (χ1n) is 5.10. The molecule has 2 rings (SSSR count). The van der Waals surface area contributed by atoms with E-state index >= 15 is 0 Å². The van der Waals surface area contributed by atoms with Gasteiger partial charge in [-0.1, -0.05) is 12.1 Å². The molecule has 1 aliphatic carbocycles. The van der Waals surface area contributed by atoms with Crippen LogP contribution in [0.1, 0.15) is 17.5 Å². The summed E-state index contributed by atoms with van der Waals surface area (Å²) in [6.07, 6.45) is 1.49. The molecule has 1 N–H and O–H groups in total. The summed E-state index contributed by atoms with van der Waals surface area (Å²) < 4.78 is 26.4. The third-order valence-corrected chi connectivity index (χ3v) is 2.64. The second kappa shape index (κ2) is 4.08. The van der Waals surface area contributed by atoms with E-state index in [1.165, 1.54) is 6.07 Å². The smallest absolute Gasteiger partial charge is 0.129 e. The lowest BCUT2D eigenvalue weighted by Crippen LogP contribution is -2.01. The molecular weight excluding hydrogens is 210 g/mol. The van der Waals surface area contributed by atoms with E-state index in [1.54, 1.807) is 25.1 Å². The number of halogens is 2. The first-order valence-corrected chi connectivity index (χ1v) is 5.10. The summed E-state index contributed by atoms with van der Waals surface area (Å²) in [6, 6.07) is 4.83. The van der Waals surface area contributed by atoms with E-state index in [-0.39, 0.29) is 12.2 Å². The second-order valence-corrected chi connectivity index (χ2v) is 3.89. The van der Waals surface area contributed by atoms with E-state index in [2.05, 4.69) is 0 Å². The van der Waals surface area contributed by atoms with Crippen molar-refractivity contribution < 1.29 is 13.9 Å². The zero-order valence-corrected chi connectivity index (χ0v) is 8.87. The minimum Gasteiger partial charge on any atom is -0.508 e. The summed E-state index contributed by atoms with van der Waals surface area (Å²) >= 11 is 0. The Hall–Kier alpha value is -1.64. The second-order valence-electron chi connectivity index (χ2n) is 3.89. The van der Waals surface area contributed by atoms with Gasteiger partial charge in [0.05, 0.1) is 0 Å². The number of hydrogen-bond acceptors (Lipinski definition) is 1. The fraction of sp³-hybridized carbons (Fsp3) is 0.231. The first kappa shape index (κ1) is 10.9. The quantitative estimate of drug-likeness (QED) is 0.768. The van der Waals surface area contributed by atoms with Crippen molar-refractivity contribution in [2.75, 3.05) is 0 Å². The van der Waals surface area contributed by atoms with Gasteiger partial charge in [-0.05, 0) is 36.3 Å². The van der Waals surface area contributed by atoms with E-state index in [0.717, 1.165) is 6.08 Å². The molecule has 1 unspecified atom stereocenters. The minimum atomic E-state index is -1.23. The van der Waals surface area contributed by atoms with E-state index in [4.69, 9.17) is 0 Å². The van der Waals surface area contributed by atoms with Crippen molar-refractivity contribution in [2.45, 2.75) is 19.5 Å². The van der Waals surface area contributed by atoms with Crippen molar-refractivity contribution in [3.05, 3.63) is 47.3 Å². The van der Waals surface area contributed by atoms with Gasteiger partial charge in [0.1, 0.15) is 17.7 Å². The van der Waals surface area contributed by atoms with Crippen LogP contribution >= 0.6 is 0 Å². The number of phenols is 1. The van der Waals surface area contributed by atoms with Crippen molar-refractivity contribution in [3.63, 3.8) is 0 Å². The molecule has 1 atom stereocenters. The molecule has 0 saturated carbocycles. The molecule has 0 bridgehead atoms. The Morgan fingerprint density at radius 3 is 2.75 bits per heavy atom. The van der Waals surface area contributed by atoms with Crippen LogP contribution in [0, 0.1) is 6.92 Å². The van der Waals surface area contributed by atoms with Crippen LogP contribution in [0.4, 0.5) is 8.78 Å². The molecule has 1 aliphatic rings. The number of aromatic hydroxyl groups is 1. The summed E-state index contributed by atoms with van der Waals surface area (Å²) in [6.45, 7) is 1.74. The Labute approximate surface area is 92.7 Å². The third-order valence-electron chi connectivity index (χ3n) is 2.64. The number of hydrogen-bond donors (Lipinski definition) is 1. The Morgan fingerprint density at radius 2 is 2.12 bits per heavy atom. The third kappa shape index (κ3) is 1.98. The molecule has 0 aliphatic heterocycles. The molecule has 1 nitrogen and oxygen atoms in total. The summed E-state index contributed by atoms with van der Waals surface area (Å²) in [5.74, 6) is -0.364. The zero-order chi connectivity index (χ0) is 11.7. The average Bonchev–Trinajstić information content (AvgIpc) is 2.22. The molecule has 0 fully saturated rings. The molecule has 1 aromatic rings. The zero-order valence-electron chi connectivity index (χ0n) is 8.87. The summed E-state index contributed by atoms with van der Waals surface area (Å²) in [5, 5.41) is 9.36. The molecule has 0 aromatic heterocycles. The summed E-state index contributed by atoms with van der Waals surface area (Å²) in [5.41, 5.74) is 1.74. The predicted molar refractivity (Wildman–Crippen MR) is 59.5 cm³/mol. The van der Waals surface area contributed by atoms with Crippen molar-refractivity contribution in [1.29, 1.82) is 0 Å². The standard InChI is InChI=1S/C13H12F2O/c1-8-6-9(2-5-13(8)16)11-4-3-10(14)7-12(11)15/h2,4-7,10,16H,3H2,1H3. The van der Waals surface area contributed by atoms with Gasteiger partial charge in [-0.3, -0.25) is 0 Å². The first-order chi connectivity index (χ1) is 7.58. The predicted octanol–water partition coefficient (Wildman–Crippen LogP) is 3.68. The lowest BCUT2D eigenvalue weighted by Gasteiger charge is -2.13. The van der Waals surface area contributed by atoms with Gasteiger partial charge < -0.3 is 5.11 Å². The topological polar surface area (TPSA) is 20.2 Å². The minimum absolute atomic E-state index is 0.174. The molecule has 0 heterocycles. The van der Waals surface area contributed by atoms with Crippen LogP contribution in [0.25, 0.3) is 5.57 Å². The van der Waals surface area contributed by atoms with Crippen LogP contribution in [-0.2, 0) is 0 Å². The largest absolute Gasteiger partial charge is 0.508 e. The van der Waals surface area contributed by atoms with Gasteiger partial charge in [0, 0.05) is 12.0 Å². The van der Waals surface area contributed by atoms with Crippen LogP contribution < -0.4 is 0 Å². The van der Waals surface area contributed by atoms with Crippen molar-refractivity contribution in [1.82, 2.24) is 0 Å². The van der Waals surface area contributed by atoms with E-state index < -0.39 is 12.0 Å². The maximum atomic E-state index is 13.5. The van der Waals surface area contributed by atoms with Gasteiger partial charge >= 0.3 is 0 Å². The molecule has 3 heteroatoms. The van der Waals surface area contributed by atoms with Crippen molar-refractivity contribution in [3.8, 4) is 5.75 Å². The number of allylic oxidation sites excluding steroid dienone is 4. The van der Waals surface area contributed by atoms with E-state index in [1.807, 2.05) is 0 Å². The molecule has 0 radical (unpaired) electrons. The highest BCUT2D eigenvalue weighted by molar-refractivity contribution is 5.78. The Morgan fingerprint density at radius 1 is 1.38 bits per heavy atom. The van der Waals surface area contributed by atoms with Crippen LogP contribution in [0.2, 0.25) is 0 Å². The Kier molecular flexibility index (Phi) is 2.77. The highest BCUT2D eigenvalue weighted by atomic mass is 19.1. The van der Waals surface area contributed by atoms with Gasteiger partial charge in [-0.15, -0.1) is 0 Å². The van der Waals surface area contributed by atoms with E-state index in [0.29, 0.717) is 16.7 Å². The van der Waals surface area contributed by atoms with Crippen LogP contribution in [-0.4, -0.2) is 11.3 Å². The SMILES string of the molecule is Cc1cc(C2=CCC(F)C=C2F)ccc1O. The van der Waals surface area contributed by atoms with Crippen molar-refractivity contribution >= 4 is 5.57 Å². The average molecular weight is 222 g/mol. The highest BCUT2D eigenvalue weighted by Gasteiger charge is 2.16. The molecule has 0 amide bonds. The number of benzene rings is 1. The molecule has 0 spiro atoms. The number of phenolic OH excluding ortho intramolecular Hbond substituents is 1. The molecule has 1 aromatic carbocycles. The number of rotatable bonds is 1. The summed E-state index contributed by atoms with van der Waals surface area (Å²) in [7, 11) is 0.